The largest absolute Gasteiger partial charge is 0.450 e. The Hall–Kier alpha value is -2.91. The summed E-state index contributed by atoms with van der Waals surface area (Å²) < 4.78 is 5.03. The van der Waals surface area contributed by atoms with Crippen LogP contribution in [-0.4, -0.2) is 95.0 Å². The van der Waals surface area contributed by atoms with Crippen LogP contribution in [0, 0.1) is 0 Å². The van der Waals surface area contributed by atoms with E-state index in [4.69, 9.17) is 4.74 Å². The van der Waals surface area contributed by atoms with Crippen LogP contribution < -0.4 is 5.32 Å². The number of hydrogen-bond acceptors (Lipinski definition) is 7. The molecular formula is C18H26N6O4. The van der Waals surface area contributed by atoms with Gasteiger partial charge < -0.3 is 24.8 Å². The minimum absolute atomic E-state index is 0.159. The van der Waals surface area contributed by atoms with E-state index in [1.807, 2.05) is 0 Å². The van der Waals surface area contributed by atoms with Gasteiger partial charge in [0, 0.05) is 51.4 Å². The summed E-state index contributed by atoms with van der Waals surface area (Å²) in [5, 5.41) is 3.33. The van der Waals surface area contributed by atoms with E-state index in [2.05, 4.69) is 15.3 Å². The van der Waals surface area contributed by atoms with Crippen LogP contribution in [-0.2, 0) is 9.53 Å². The predicted molar refractivity (Wildman–Crippen MR) is 101 cm³/mol. The molecule has 0 aromatic carbocycles. The number of rotatable bonds is 5. The first-order valence-corrected chi connectivity index (χ1v) is 9.59. The van der Waals surface area contributed by atoms with Gasteiger partial charge in [0.05, 0.1) is 6.61 Å². The van der Waals surface area contributed by atoms with Crippen molar-refractivity contribution in [1.82, 2.24) is 24.7 Å². The summed E-state index contributed by atoms with van der Waals surface area (Å²) in [7, 11) is 0. The third-order valence-corrected chi connectivity index (χ3v) is 5.01. The van der Waals surface area contributed by atoms with Gasteiger partial charge in [-0.3, -0.25) is 9.59 Å². The molecule has 2 saturated heterocycles. The van der Waals surface area contributed by atoms with Crippen LogP contribution in [0.1, 0.15) is 30.3 Å². The van der Waals surface area contributed by atoms with E-state index in [0.29, 0.717) is 57.4 Å². The topological polar surface area (TPSA) is 108 Å². The third-order valence-electron chi connectivity index (χ3n) is 5.01. The lowest BCUT2D eigenvalue weighted by Crippen LogP contribution is -2.48. The number of aromatic nitrogens is 2. The number of likely N-dealkylation sites (tertiary alicyclic amines) is 1. The van der Waals surface area contributed by atoms with Gasteiger partial charge in [-0.05, 0) is 19.8 Å². The molecule has 2 fully saturated rings. The number of ether oxygens (including phenoxy) is 1. The molecule has 10 nitrogen and oxygen atoms in total. The molecule has 1 N–H and O–H groups in total. The fourth-order valence-corrected chi connectivity index (χ4v) is 3.38. The van der Waals surface area contributed by atoms with Crippen LogP contribution in [0.25, 0.3) is 0 Å². The summed E-state index contributed by atoms with van der Waals surface area (Å²) in [5.41, 5.74) is 0.334. The van der Waals surface area contributed by atoms with E-state index in [1.165, 1.54) is 6.33 Å². The van der Waals surface area contributed by atoms with Crippen molar-refractivity contribution in [3.8, 4) is 0 Å². The summed E-state index contributed by atoms with van der Waals surface area (Å²) in [6, 6.07) is 1.83. The van der Waals surface area contributed by atoms with E-state index in [9.17, 15) is 14.4 Å². The highest BCUT2D eigenvalue weighted by Gasteiger charge is 2.25. The number of carbonyl (C=O) groups excluding carboxylic acids is 3. The zero-order valence-corrected chi connectivity index (χ0v) is 16.0. The van der Waals surface area contributed by atoms with Crippen molar-refractivity contribution in [3.63, 3.8) is 0 Å². The fraction of sp³-hybridized carbons (Fsp3) is 0.611. The average Bonchev–Trinajstić information content (AvgIpc) is 2.74. The van der Waals surface area contributed by atoms with E-state index in [-0.39, 0.29) is 18.0 Å². The van der Waals surface area contributed by atoms with Gasteiger partial charge in [-0.15, -0.1) is 0 Å². The lowest BCUT2D eigenvalue weighted by Gasteiger charge is -2.32. The van der Waals surface area contributed by atoms with Gasteiger partial charge in [0.15, 0.2) is 0 Å². The minimum atomic E-state index is -0.273. The summed E-state index contributed by atoms with van der Waals surface area (Å²) in [6.07, 6.45) is 3.47. The molecule has 0 atom stereocenters. The van der Waals surface area contributed by atoms with Crippen molar-refractivity contribution in [2.75, 3.05) is 51.2 Å². The van der Waals surface area contributed by atoms with Crippen LogP contribution in [0.15, 0.2) is 12.4 Å². The smallest absolute Gasteiger partial charge is 0.409 e. The molecule has 3 amide bonds. The molecule has 3 rings (SSSR count). The molecule has 0 bridgehead atoms. The number of nitrogens with one attached hydrogen (secondary N) is 1. The maximum Gasteiger partial charge on any atom is 0.409 e. The molecule has 0 unspecified atom stereocenters. The van der Waals surface area contributed by atoms with Crippen LogP contribution in [0.4, 0.5) is 10.6 Å². The number of carbonyl (C=O) groups is 3. The van der Waals surface area contributed by atoms with Gasteiger partial charge in [-0.1, -0.05) is 0 Å². The van der Waals surface area contributed by atoms with Crippen molar-refractivity contribution in [2.24, 2.45) is 0 Å². The van der Waals surface area contributed by atoms with E-state index < -0.39 is 0 Å². The molecule has 0 saturated carbocycles. The Labute approximate surface area is 163 Å². The minimum Gasteiger partial charge on any atom is -0.450 e. The first-order valence-electron chi connectivity index (χ1n) is 9.59. The molecule has 0 radical (unpaired) electrons. The lowest BCUT2D eigenvalue weighted by atomic mass is 10.1. The summed E-state index contributed by atoms with van der Waals surface area (Å²) in [6.45, 7) is 5.46. The highest BCUT2D eigenvalue weighted by molar-refractivity contribution is 5.93. The Morgan fingerprint density at radius 1 is 1.14 bits per heavy atom. The highest BCUT2D eigenvalue weighted by Crippen LogP contribution is 2.17. The second-order valence-corrected chi connectivity index (χ2v) is 6.83. The Bertz CT molecular complexity index is 699. The van der Waals surface area contributed by atoms with Crippen molar-refractivity contribution >= 4 is 24.2 Å². The van der Waals surface area contributed by atoms with Crippen LogP contribution in [0.2, 0.25) is 0 Å². The number of nitrogens with zero attached hydrogens (tertiary/aromatic N) is 5. The van der Waals surface area contributed by atoms with Crippen molar-refractivity contribution in [3.05, 3.63) is 18.1 Å². The van der Waals surface area contributed by atoms with Crippen molar-refractivity contribution in [1.29, 1.82) is 0 Å². The quantitative estimate of drug-likeness (QED) is 0.726. The van der Waals surface area contributed by atoms with Gasteiger partial charge in [0.25, 0.3) is 5.91 Å². The summed E-state index contributed by atoms with van der Waals surface area (Å²) in [5.74, 6) is 0.438. The number of amides is 3. The van der Waals surface area contributed by atoms with E-state index in [1.54, 1.807) is 27.7 Å². The maximum absolute atomic E-state index is 12.7. The Morgan fingerprint density at radius 2 is 1.86 bits per heavy atom. The summed E-state index contributed by atoms with van der Waals surface area (Å²) >= 11 is 0. The molecular weight excluding hydrogens is 364 g/mol. The first-order chi connectivity index (χ1) is 13.6. The molecule has 2 aliphatic rings. The molecule has 28 heavy (non-hydrogen) atoms. The molecule has 2 aliphatic heterocycles. The van der Waals surface area contributed by atoms with Gasteiger partial charge >= 0.3 is 6.09 Å². The normalized spacial score (nSPS) is 18.0. The molecule has 10 heteroatoms. The lowest BCUT2D eigenvalue weighted by molar-refractivity contribution is -0.119. The fourth-order valence-electron chi connectivity index (χ4n) is 3.38. The van der Waals surface area contributed by atoms with Gasteiger partial charge in [-0.2, -0.15) is 0 Å². The maximum atomic E-state index is 12.7. The first kappa shape index (κ1) is 19.8. The van der Waals surface area contributed by atoms with Crippen LogP contribution in [0.3, 0.4) is 0 Å². The third kappa shape index (κ3) is 4.87. The average molecular weight is 390 g/mol. The second kappa shape index (κ2) is 9.34. The van der Waals surface area contributed by atoms with Gasteiger partial charge in [-0.25, -0.2) is 14.8 Å². The Morgan fingerprint density at radius 3 is 2.50 bits per heavy atom. The highest BCUT2D eigenvalue weighted by atomic mass is 16.6. The number of piperidine rings is 1. The molecule has 0 spiro atoms. The predicted octanol–water partition coefficient (Wildman–Crippen LogP) is 0.424. The second-order valence-electron chi connectivity index (χ2n) is 6.83. The van der Waals surface area contributed by atoms with Crippen molar-refractivity contribution in [2.45, 2.75) is 25.8 Å². The van der Waals surface area contributed by atoms with Crippen molar-refractivity contribution < 1.29 is 19.1 Å². The Balaban J connectivity index is 1.53. The molecule has 0 aliphatic carbocycles. The SMILES string of the molecule is CCOC(=O)N1CCC(Nc2cc(C(=O)N3CCN(C=O)CC3)ncn2)CC1. The Kier molecular flexibility index (Phi) is 6.62. The standard InChI is InChI=1S/C18H26N6O4/c1-2-28-18(27)24-5-3-14(4-6-24)21-16-11-15(19-12-20-16)17(26)23-9-7-22(13-25)8-10-23/h11-14H,2-10H2,1H3,(H,19,20,21). The summed E-state index contributed by atoms with van der Waals surface area (Å²) in [4.78, 5) is 48.6. The molecule has 1 aromatic heterocycles. The zero-order chi connectivity index (χ0) is 19.9. The van der Waals surface area contributed by atoms with Crippen LogP contribution in [0.5, 0.6) is 0 Å². The van der Waals surface area contributed by atoms with Crippen LogP contribution >= 0.6 is 0 Å². The number of piperazine rings is 1. The molecule has 1 aromatic rings. The number of anilines is 1. The molecule has 152 valence electrons. The van der Waals surface area contributed by atoms with Gasteiger partial charge in [0.1, 0.15) is 17.8 Å². The molecule has 3 heterocycles. The van der Waals surface area contributed by atoms with Gasteiger partial charge in [0.2, 0.25) is 6.41 Å². The number of hydrogen-bond donors (Lipinski definition) is 1. The zero-order valence-electron chi connectivity index (χ0n) is 16.0. The monoisotopic (exact) mass is 390 g/mol. The van der Waals surface area contributed by atoms with E-state index in [0.717, 1.165) is 19.3 Å². The van der Waals surface area contributed by atoms with E-state index >= 15 is 0 Å².